The number of aromatic nitrogens is 2. The molecule has 0 spiro atoms. The molecule has 2 N–H and O–H groups in total. The minimum Gasteiger partial charge on any atom is -0.357 e. The van der Waals surface area contributed by atoms with Gasteiger partial charge in [0.2, 0.25) is 0 Å². The molecule has 0 fully saturated rings. The van der Waals surface area contributed by atoms with E-state index in [9.17, 15) is 0 Å². The lowest BCUT2D eigenvalue weighted by molar-refractivity contribution is 0.455. The molecule has 26 heavy (non-hydrogen) atoms. The van der Waals surface area contributed by atoms with E-state index in [4.69, 9.17) is 4.99 Å². The molecule has 6 heteroatoms. The van der Waals surface area contributed by atoms with Crippen LogP contribution in [-0.2, 0) is 6.42 Å². The van der Waals surface area contributed by atoms with Crippen molar-refractivity contribution in [2.24, 2.45) is 4.99 Å². The van der Waals surface area contributed by atoms with Crippen molar-refractivity contribution in [2.45, 2.75) is 39.0 Å². The normalized spacial score (nSPS) is 11.2. The quantitative estimate of drug-likeness (QED) is 0.179. The smallest absolute Gasteiger partial charge is 0.193 e. The Morgan fingerprint density at radius 2 is 2.12 bits per heavy atom. The summed E-state index contributed by atoms with van der Waals surface area (Å²) in [5.74, 6) is 1.97. The van der Waals surface area contributed by atoms with Crippen molar-refractivity contribution in [1.29, 1.82) is 0 Å². The van der Waals surface area contributed by atoms with Crippen LogP contribution in [0.1, 0.15) is 38.4 Å². The Balaban J connectivity index is 0.00000338. The van der Waals surface area contributed by atoms with Crippen molar-refractivity contribution < 1.29 is 0 Å². The summed E-state index contributed by atoms with van der Waals surface area (Å²) in [6.45, 7) is 8.50. The number of H-pyrrole nitrogens is 1. The number of rotatable bonds is 10. The lowest BCUT2D eigenvalue weighted by Crippen LogP contribution is -2.39. The molecule has 1 aromatic heterocycles. The first-order valence-electron chi connectivity index (χ1n) is 9.28. The van der Waals surface area contributed by atoms with Crippen LogP contribution in [0.2, 0.25) is 0 Å². The van der Waals surface area contributed by atoms with Crippen LogP contribution in [0.3, 0.4) is 0 Å². The van der Waals surface area contributed by atoms with E-state index in [-0.39, 0.29) is 24.0 Å². The van der Waals surface area contributed by atoms with Gasteiger partial charge in [-0.3, -0.25) is 4.99 Å². The molecule has 0 aliphatic heterocycles. The summed E-state index contributed by atoms with van der Waals surface area (Å²) in [6, 6.07) is 8.12. The van der Waals surface area contributed by atoms with E-state index in [0.717, 1.165) is 55.3 Å². The molecule has 2 rings (SSSR count). The summed E-state index contributed by atoms with van der Waals surface area (Å²) in [6.07, 6.45) is 7.55. The number of hydrogen-bond donors (Lipinski definition) is 2. The highest BCUT2D eigenvalue weighted by Crippen LogP contribution is 2.10. The zero-order valence-corrected chi connectivity index (χ0v) is 18.3. The molecule has 0 radical (unpaired) electrons. The highest BCUT2D eigenvalue weighted by Gasteiger charge is 2.06. The molecule has 2 aromatic rings. The van der Waals surface area contributed by atoms with E-state index in [1.807, 2.05) is 24.3 Å². The number of para-hydroxylation sites is 2. The van der Waals surface area contributed by atoms with Gasteiger partial charge in [0.15, 0.2) is 5.96 Å². The average Bonchev–Trinajstić information content (AvgIpc) is 3.03. The molecule has 1 aromatic carbocycles. The third-order valence-corrected chi connectivity index (χ3v) is 4.15. The summed E-state index contributed by atoms with van der Waals surface area (Å²) in [5, 5.41) is 3.38. The molecule has 5 nitrogen and oxygen atoms in total. The Labute approximate surface area is 174 Å². The number of hydrogen-bond acceptors (Lipinski definition) is 2. The van der Waals surface area contributed by atoms with Gasteiger partial charge in [-0.05, 0) is 38.3 Å². The lowest BCUT2D eigenvalue weighted by Gasteiger charge is -2.22. The zero-order valence-electron chi connectivity index (χ0n) is 16.0. The van der Waals surface area contributed by atoms with Gasteiger partial charge in [0.05, 0.1) is 11.0 Å². The average molecular weight is 469 g/mol. The third kappa shape index (κ3) is 7.35. The molecule has 0 saturated carbocycles. The molecule has 144 valence electrons. The molecular weight excluding hydrogens is 437 g/mol. The van der Waals surface area contributed by atoms with E-state index < -0.39 is 0 Å². The molecule has 0 atom stereocenters. The maximum atomic E-state index is 4.75. The van der Waals surface area contributed by atoms with Gasteiger partial charge in [-0.2, -0.15) is 0 Å². The standard InChI is InChI=1S/C20H31N5.HI/c1-4-6-7-8-11-16-25(3)20(21-5-2)22-15-14-19-23-17-12-9-10-13-18(17)24-19;/h4,9-10,12-13H,1,5-8,11,14-16H2,2-3H3,(H,21,22)(H,23,24);1H. The fraction of sp³-hybridized carbons (Fsp3) is 0.500. The minimum atomic E-state index is 0. The maximum Gasteiger partial charge on any atom is 0.193 e. The number of halogens is 1. The van der Waals surface area contributed by atoms with E-state index in [1.54, 1.807) is 0 Å². The van der Waals surface area contributed by atoms with Crippen LogP contribution < -0.4 is 5.32 Å². The highest BCUT2D eigenvalue weighted by molar-refractivity contribution is 14.0. The van der Waals surface area contributed by atoms with Crippen LogP contribution in [0.5, 0.6) is 0 Å². The first-order chi connectivity index (χ1) is 12.2. The topological polar surface area (TPSA) is 56.3 Å². The van der Waals surface area contributed by atoms with E-state index in [2.05, 4.69) is 46.8 Å². The second-order valence-electron chi connectivity index (χ2n) is 6.25. The minimum absolute atomic E-state index is 0. The monoisotopic (exact) mass is 469 g/mol. The Hall–Kier alpha value is -1.57. The third-order valence-electron chi connectivity index (χ3n) is 4.15. The number of benzene rings is 1. The van der Waals surface area contributed by atoms with Gasteiger partial charge < -0.3 is 15.2 Å². The second-order valence-corrected chi connectivity index (χ2v) is 6.25. The van der Waals surface area contributed by atoms with Gasteiger partial charge >= 0.3 is 0 Å². The Morgan fingerprint density at radius 1 is 1.31 bits per heavy atom. The van der Waals surface area contributed by atoms with Crippen LogP contribution in [0.4, 0.5) is 0 Å². The SMILES string of the molecule is C=CCCCCCN(C)C(=NCCc1nc2ccccc2[nH]1)NCC.I. The summed E-state index contributed by atoms with van der Waals surface area (Å²) in [7, 11) is 2.11. The molecule has 0 aliphatic carbocycles. The van der Waals surface area contributed by atoms with Crippen LogP contribution in [0.25, 0.3) is 11.0 Å². The van der Waals surface area contributed by atoms with Crippen molar-refractivity contribution in [1.82, 2.24) is 20.2 Å². The number of nitrogens with one attached hydrogen (secondary N) is 2. The molecule has 0 unspecified atom stereocenters. The lowest BCUT2D eigenvalue weighted by atomic mass is 10.2. The Morgan fingerprint density at radius 3 is 2.85 bits per heavy atom. The van der Waals surface area contributed by atoms with Gasteiger partial charge in [0.25, 0.3) is 0 Å². The molecule has 0 saturated heterocycles. The number of imidazole rings is 1. The Bertz CT molecular complexity index is 647. The largest absolute Gasteiger partial charge is 0.357 e. The number of allylic oxidation sites excluding steroid dienone is 1. The van der Waals surface area contributed by atoms with Gasteiger partial charge in [0.1, 0.15) is 5.82 Å². The zero-order chi connectivity index (χ0) is 17.9. The Kier molecular flexibility index (Phi) is 11.0. The van der Waals surface area contributed by atoms with Crippen molar-refractivity contribution in [3.63, 3.8) is 0 Å². The highest BCUT2D eigenvalue weighted by atomic mass is 127. The first kappa shape index (κ1) is 22.5. The van der Waals surface area contributed by atoms with Crippen LogP contribution in [0, 0.1) is 0 Å². The summed E-state index contributed by atoms with van der Waals surface area (Å²) < 4.78 is 0. The number of guanidine groups is 1. The van der Waals surface area contributed by atoms with Gasteiger partial charge in [-0.1, -0.05) is 24.6 Å². The molecule has 0 amide bonds. The second kappa shape index (κ2) is 12.7. The number of unbranched alkanes of at least 4 members (excludes halogenated alkanes) is 3. The van der Waals surface area contributed by atoms with Crippen LogP contribution in [-0.4, -0.2) is 47.5 Å². The summed E-state index contributed by atoms with van der Waals surface area (Å²) in [4.78, 5) is 14.9. The van der Waals surface area contributed by atoms with Gasteiger partial charge in [-0.15, -0.1) is 30.6 Å². The van der Waals surface area contributed by atoms with Gasteiger partial charge in [0, 0.05) is 33.1 Å². The maximum absolute atomic E-state index is 4.75. The van der Waals surface area contributed by atoms with Crippen molar-refractivity contribution in [3.05, 3.63) is 42.7 Å². The number of aromatic amines is 1. The number of nitrogens with zero attached hydrogens (tertiary/aromatic N) is 3. The predicted molar refractivity (Wildman–Crippen MR) is 122 cm³/mol. The van der Waals surface area contributed by atoms with E-state index in [1.165, 1.54) is 19.3 Å². The number of fused-ring (bicyclic) bond motifs is 1. The van der Waals surface area contributed by atoms with E-state index in [0.29, 0.717) is 0 Å². The molecule has 1 heterocycles. The molecular formula is C20H32IN5. The summed E-state index contributed by atoms with van der Waals surface area (Å²) >= 11 is 0. The van der Waals surface area contributed by atoms with Crippen molar-refractivity contribution >= 4 is 41.0 Å². The molecule has 0 aliphatic rings. The fourth-order valence-corrected chi connectivity index (χ4v) is 2.78. The predicted octanol–water partition coefficient (Wildman–Crippen LogP) is 4.37. The van der Waals surface area contributed by atoms with Crippen LogP contribution >= 0.6 is 24.0 Å². The molecule has 0 bridgehead atoms. The van der Waals surface area contributed by atoms with Crippen LogP contribution in [0.15, 0.2) is 41.9 Å². The van der Waals surface area contributed by atoms with Crippen molar-refractivity contribution in [2.75, 3.05) is 26.7 Å². The first-order valence-corrected chi connectivity index (χ1v) is 9.28. The fourth-order valence-electron chi connectivity index (χ4n) is 2.78. The van der Waals surface area contributed by atoms with Gasteiger partial charge in [-0.25, -0.2) is 4.98 Å². The summed E-state index contributed by atoms with van der Waals surface area (Å²) in [5.41, 5.74) is 2.11. The number of aliphatic imine (C=N–C) groups is 1. The van der Waals surface area contributed by atoms with E-state index >= 15 is 0 Å². The van der Waals surface area contributed by atoms with Crippen molar-refractivity contribution in [3.8, 4) is 0 Å².